The van der Waals surface area contributed by atoms with Crippen molar-refractivity contribution in [1.82, 2.24) is 9.97 Å². The highest BCUT2D eigenvalue weighted by Gasteiger charge is 2.16. The molecule has 0 saturated heterocycles. The molecule has 0 saturated carbocycles. The molecule has 7 heteroatoms. The average Bonchev–Trinajstić information content (AvgIpc) is 2.70. The molecule has 0 aliphatic heterocycles. The predicted octanol–water partition coefficient (Wildman–Crippen LogP) is 5.26. The van der Waals surface area contributed by atoms with Crippen LogP contribution in [0.5, 0.6) is 5.75 Å². The molecule has 2 N–H and O–H groups in total. The van der Waals surface area contributed by atoms with E-state index in [0.717, 1.165) is 33.5 Å². The Morgan fingerprint density at radius 2 is 1.90 bits per heavy atom. The second-order valence-corrected chi connectivity index (χ2v) is 7.51. The lowest BCUT2D eigenvalue weighted by Gasteiger charge is -2.17. The smallest absolute Gasteiger partial charge is 0.265 e. The molecule has 2 aromatic carbocycles. The quantitative estimate of drug-likeness (QED) is 0.509. The zero-order chi connectivity index (χ0) is 20.8. The summed E-state index contributed by atoms with van der Waals surface area (Å²) in [5.74, 6) is 1.13. The van der Waals surface area contributed by atoms with Crippen LogP contribution in [0.3, 0.4) is 0 Å². The van der Waals surface area contributed by atoms with Crippen LogP contribution in [0.15, 0.2) is 59.3 Å². The van der Waals surface area contributed by atoms with Crippen LogP contribution in [-0.2, 0) is 11.2 Å². The molecule has 0 bridgehead atoms. The van der Waals surface area contributed by atoms with Gasteiger partial charge in [-0.05, 0) is 62.2 Å². The number of aryl methyl sites for hydroxylation is 2. The van der Waals surface area contributed by atoms with Crippen LogP contribution in [-0.4, -0.2) is 22.0 Å². The summed E-state index contributed by atoms with van der Waals surface area (Å²) in [7, 11) is 0. The lowest BCUT2D eigenvalue weighted by Crippen LogP contribution is -2.30. The predicted molar refractivity (Wildman–Crippen MR) is 119 cm³/mol. The summed E-state index contributed by atoms with van der Waals surface area (Å²) in [6, 6.07) is 15.1. The fourth-order valence-electron chi connectivity index (χ4n) is 2.75. The van der Waals surface area contributed by atoms with Gasteiger partial charge in [-0.3, -0.25) is 4.79 Å². The van der Waals surface area contributed by atoms with Gasteiger partial charge in [-0.25, -0.2) is 9.97 Å². The fourth-order valence-corrected chi connectivity index (χ4v) is 3.02. The SMILES string of the molecule is CCc1ccc(Nc2cc(C)ncn2)cc1NC(=O)C(C)Oc1ccc(Br)cc1. The molecule has 0 radical (unpaired) electrons. The third kappa shape index (κ3) is 5.77. The Balaban J connectivity index is 1.72. The first kappa shape index (κ1) is 20.8. The van der Waals surface area contributed by atoms with Crippen molar-refractivity contribution < 1.29 is 9.53 Å². The molecule has 0 spiro atoms. The number of carbonyl (C=O) groups excluding carboxylic acids is 1. The van der Waals surface area contributed by atoms with Crippen LogP contribution in [0.1, 0.15) is 25.1 Å². The number of hydrogen-bond acceptors (Lipinski definition) is 5. The molecule has 150 valence electrons. The van der Waals surface area contributed by atoms with Gasteiger partial charge in [0, 0.05) is 27.6 Å². The van der Waals surface area contributed by atoms with Crippen molar-refractivity contribution in [2.75, 3.05) is 10.6 Å². The number of anilines is 3. The molecule has 0 fully saturated rings. The first-order valence-electron chi connectivity index (χ1n) is 9.36. The van der Waals surface area contributed by atoms with E-state index in [-0.39, 0.29) is 5.91 Å². The third-order valence-electron chi connectivity index (χ3n) is 4.32. The first-order valence-corrected chi connectivity index (χ1v) is 10.2. The Morgan fingerprint density at radius 1 is 1.14 bits per heavy atom. The van der Waals surface area contributed by atoms with Crippen LogP contribution in [0.4, 0.5) is 17.2 Å². The van der Waals surface area contributed by atoms with Crippen LogP contribution in [0, 0.1) is 6.92 Å². The van der Waals surface area contributed by atoms with Gasteiger partial charge in [-0.1, -0.05) is 28.9 Å². The van der Waals surface area contributed by atoms with Gasteiger partial charge in [0.2, 0.25) is 0 Å². The molecule has 29 heavy (non-hydrogen) atoms. The molecule has 1 unspecified atom stereocenters. The monoisotopic (exact) mass is 454 g/mol. The Bertz CT molecular complexity index is 992. The largest absolute Gasteiger partial charge is 0.481 e. The average molecular weight is 455 g/mol. The van der Waals surface area contributed by atoms with Gasteiger partial charge < -0.3 is 15.4 Å². The highest BCUT2D eigenvalue weighted by Crippen LogP contribution is 2.25. The molecule has 1 amide bonds. The molecule has 3 aromatic rings. The Hall–Kier alpha value is -2.93. The van der Waals surface area contributed by atoms with Gasteiger partial charge in [-0.15, -0.1) is 0 Å². The third-order valence-corrected chi connectivity index (χ3v) is 4.85. The summed E-state index contributed by atoms with van der Waals surface area (Å²) in [6.07, 6.45) is 1.67. The van der Waals surface area contributed by atoms with Gasteiger partial charge in [0.05, 0.1) is 0 Å². The number of rotatable bonds is 7. The zero-order valence-corrected chi connectivity index (χ0v) is 18.2. The maximum absolute atomic E-state index is 12.7. The van der Waals surface area contributed by atoms with Gasteiger partial charge in [0.15, 0.2) is 6.10 Å². The van der Waals surface area contributed by atoms with Gasteiger partial charge in [-0.2, -0.15) is 0 Å². The number of benzene rings is 2. The minimum absolute atomic E-state index is 0.211. The Morgan fingerprint density at radius 3 is 2.59 bits per heavy atom. The van der Waals surface area contributed by atoms with Crippen molar-refractivity contribution in [1.29, 1.82) is 0 Å². The van der Waals surface area contributed by atoms with Crippen molar-refractivity contribution in [2.45, 2.75) is 33.3 Å². The van der Waals surface area contributed by atoms with Gasteiger partial charge in [0.25, 0.3) is 5.91 Å². The lowest BCUT2D eigenvalue weighted by molar-refractivity contribution is -0.122. The molecule has 3 rings (SSSR count). The molecule has 1 atom stereocenters. The zero-order valence-electron chi connectivity index (χ0n) is 16.6. The highest BCUT2D eigenvalue weighted by molar-refractivity contribution is 9.10. The first-order chi connectivity index (χ1) is 13.9. The number of aromatic nitrogens is 2. The number of nitrogens with zero attached hydrogens (tertiary/aromatic N) is 2. The maximum atomic E-state index is 12.7. The summed E-state index contributed by atoms with van der Waals surface area (Å²) in [4.78, 5) is 21.0. The summed E-state index contributed by atoms with van der Waals surface area (Å²) >= 11 is 3.39. The topological polar surface area (TPSA) is 76.1 Å². The summed E-state index contributed by atoms with van der Waals surface area (Å²) in [6.45, 7) is 5.69. The lowest BCUT2D eigenvalue weighted by atomic mass is 10.1. The van der Waals surface area contributed by atoms with Crippen LogP contribution >= 0.6 is 15.9 Å². The van der Waals surface area contributed by atoms with Crippen LogP contribution < -0.4 is 15.4 Å². The van der Waals surface area contributed by atoms with Crippen molar-refractivity contribution in [3.8, 4) is 5.75 Å². The fraction of sp³-hybridized carbons (Fsp3) is 0.227. The minimum Gasteiger partial charge on any atom is -0.481 e. The van der Waals surface area contributed by atoms with E-state index < -0.39 is 6.10 Å². The number of hydrogen-bond donors (Lipinski definition) is 2. The number of halogens is 1. The van der Waals surface area contributed by atoms with Crippen molar-refractivity contribution >= 4 is 39.0 Å². The summed E-state index contributed by atoms with van der Waals surface area (Å²) < 4.78 is 6.71. The molecule has 1 aromatic heterocycles. The molecular formula is C22H23BrN4O2. The molecular weight excluding hydrogens is 432 g/mol. The van der Waals surface area contributed by atoms with E-state index in [1.807, 2.05) is 62.4 Å². The molecule has 6 nitrogen and oxygen atoms in total. The van der Waals surface area contributed by atoms with E-state index >= 15 is 0 Å². The molecule has 0 aliphatic carbocycles. The second kappa shape index (κ2) is 9.52. The standard InChI is InChI=1S/C22H23BrN4O2/c1-4-16-5-8-18(26-21-11-14(2)24-13-25-21)12-20(16)27-22(28)15(3)29-19-9-6-17(23)7-10-19/h5-13,15H,4H2,1-3H3,(H,27,28)(H,24,25,26). The van der Waals surface area contributed by atoms with E-state index in [1.165, 1.54) is 6.33 Å². The number of nitrogens with one attached hydrogen (secondary N) is 2. The maximum Gasteiger partial charge on any atom is 0.265 e. The Kier molecular flexibility index (Phi) is 6.82. The number of amides is 1. The normalized spacial score (nSPS) is 11.6. The minimum atomic E-state index is -0.637. The van der Waals surface area contributed by atoms with E-state index in [4.69, 9.17) is 4.74 Å². The van der Waals surface area contributed by atoms with E-state index in [0.29, 0.717) is 11.6 Å². The van der Waals surface area contributed by atoms with Gasteiger partial charge in [0.1, 0.15) is 17.9 Å². The second-order valence-electron chi connectivity index (χ2n) is 6.60. The number of ether oxygens (including phenoxy) is 1. The van der Waals surface area contributed by atoms with E-state index in [2.05, 4.69) is 36.5 Å². The summed E-state index contributed by atoms with van der Waals surface area (Å²) in [5, 5.41) is 6.23. The molecule has 0 aliphatic rings. The number of carbonyl (C=O) groups is 1. The Labute approximate surface area is 178 Å². The highest BCUT2D eigenvalue weighted by atomic mass is 79.9. The van der Waals surface area contributed by atoms with E-state index in [1.54, 1.807) is 6.92 Å². The van der Waals surface area contributed by atoms with Gasteiger partial charge >= 0.3 is 0 Å². The van der Waals surface area contributed by atoms with Crippen molar-refractivity contribution in [3.63, 3.8) is 0 Å². The van der Waals surface area contributed by atoms with Crippen molar-refractivity contribution in [2.24, 2.45) is 0 Å². The summed E-state index contributed by atoms with van der Waals surface area (Å²) in [5.41, 5.74) is 3.50. The van der Waals surface area contributed by atoms with Crippen molar-refractivity contribution in [3.05, 3.63) is 70.6 Å². The van der Waals surface area contributed by atoms with Crippen LogP contribution in [0.25, 0.3) is 0 Å². The van der Waals surface area contributed by atoms with Crippen LogP contribution in [0.2, 0.25) is 0 Å². The van der Waals surface area contributed by atoms with E-state index in [9.17, 15) is 4.79 Å². The molecule has 1 heterocycles.